The first-order valence-corrected chi connectivity index (χ1v) is 17.0. The van der Waals surface area contributed by atoms with E-state index in [0.717, 1.165) is 57.4 Å². The van der Waals surface area contributed by atoms with Crippen molar-refractivity contribution in [2.45, 2.75) is 38.5 Å². The lowest BCUT2D eigenvalue weighted by atomic mass is 10.1. The fourth-order valence-corrected chi connectivity index (χ4v) is 6.18. The molecule has 3 aromatic rings. The maximum atomic E-state index is 6.23. The van der Waals surface area contributed by atoms with Gasteiger partial charge in [0.05, 0.1) is 39.8 Å². The number of ether oxygens (including phenoxy) is 4. The second kappa shape index (κ2) is 15.6. The van der Waals surface area contributed by atoms with E-state index in [4.69, 9.17) is 38.9 Å². The highest BCUT2D eigenvalue weighted by atomic mass is 16.5. The Kier molecular flexibility index (Phi) is 10.4. The van der Waals surface area contributed by atoms with Crippen molar-refractivity contribution in [1.82, 2.24) is 29.9 Å². The van der Waals surface area contributed by atoms with Gasteiger partial charge in [-0.25, -0.2) is 5.43 Å². The van der Waals surface area contributed by atoms with Crippen LogP contribution in [0.4, 0.5) is 29.7 Å². The summed E-state index contributed by atoms with van der Waals surface area (Å²) in [5.41, 5.74) is 3.84. The number of methoxy groups -OCH3 is 1. The van der Waals surface area contributed by atoms with Gasteiger partial charge in [-0.1, -0.05) is 0 Å². The number of rotatable bonds is 10. The third-order valence-corrected chi connectivity index (χ3v) is 8.84. The average Bonchev–Trinajstić information content (AvgIpc) is 3.16. The van der Waals surface area contributed by atoms with E-state index in [9.17, 15) is 0 Å². The molecule has 16 heteroatoms. The summed E-state index contributed by atoms with van der Waals surface area (Å²) in [7, 11) is 1.60. The van der Waals surface area contributed by atoms with E-state index < -0.39 is 0 Å². The van der Waals surface area contributed by atoms with Gasteiger partial charge in [0, 0.05) is 52.4 Å². The first-order valence-electron chi connectivity index (χ1n) is 17.0. The third-order valence-electron chi connectivity index (χ3n) is 8.84. The van der Waals surface area contributed by atoms with E-state index in [0.29, 0.717) is 93.8 Å². The number of hydrogen-bond acceptors (Lipinski definition) is 16. The number of hydrogen-bond donors (Lipinski definition) is 1. The molecule has 0 unspecified atom stereocenters. The van der Waals surface area contributed by atoms with Crippen molar-refractivity contribution in [3.05, 3.63) is 23.8 Å². The number of benzene rings is 1. The highest BCUT2D eigenvalue weighted by Crippen LogP contribution is 2.32. The molecular formula is C32H44N12O4. The van der Waals surface area contributed by atoms with Crippen molar-refractivity contribution < 1.29 is 18.9 Å². The van der Waals surface area contributed by atoms with Crippen LogP contribution in [0.1, 0.15) is 44.1 Å². The van der Waals surface area contributed by atoms with Crippen LogP contribution in [0.15, 0.2) is 23.3 Å². The van der Waals surface area contributed by atoms with Crippen LogP contribution < -0.4 is 34.5 Å². The van der Waals surface area contributed by atoms with Crippen LogP contribution in [0.3, 0.4) is 0 Å². The topological polar surface area (TPSA) is 152 Å². The SMILES string of the molecule is COc1cc(/C=N\Nc2nc(N3CCCCC3)nc(N3CCCCC3)n2)ccc1Oc1nc(N2CCOCC2)nc(N2CCOCC2)n1. The van der Waals surface area contributed by atoms with Gasteiger partial charge in [-0.3, -0.25) is 0 Å². The molecule has 0 aliphatic carbocycles. The van der Waals surface area contributed by atoms with Crippen LogP contribution in [-0.4, -0.2) is 122 Å². The number of morpholine rings is 2. The van der Waals surface area contributed by atoms with Crippen LogP contribution in [-0.2, 0) is 9.47 Å². The standard InChI is InChI=1S/C32H44N12O4/c1-45-26-22-24(23-33-40-27-34-28(41-10-4-2-5-11-41)36-29(35-27)42-12-6-3-7-13-42)8-9-25(26)48-32-38-30(43-14-18-46-19-15-43)37-31(39-32)44-16-20-47-21-17-44/h8-9,22-23H,2-7,10-21H2,1H3,(H,34,35,36,40)/b33-23-. The maximum Gasteiger partial charge on any atom is 0.328 e. The smallest absolute Gasteiger partial charge is 0.328 e. The number of piperidine rings is 2. The minimum absolute atomic E-state index is 0.193. The molecule has 4 fully saturated rings. The van der Waals surface area contributed by atoms with E-state index in [1.165, 1.54) is 12.8 Å². The number of anilines is 5. The molecule has 6 heterocycles. The molecular weight excluding hydrogens is 616 g/mol. The molecule has 0 radical (unpaired) electrons. The summed E-state index contributed by atoms with van der Waals surface area (Å²) >= 11 is 0. The van der Waals surface area contributed by atoms with Crippen molar-refractivity contribution in [3.8, 4) is 17.5 Å². The molecule has 1 aromatic carbocycles. The molecule has 2 aromatic heterocycles. The fourth-order valence-electron chi connectivity index (χ4n) is 6.18. The van der Waals surface area contributed by atoms with Gasteiger partial charge in [0.2, 0.25) is 29.7 Å². The monoisotopic (exact) mass is 660 g/mol. The molecule has 4 saturated heterocycles. The lowest BCUT2D eigenvalue weighted by Crippen LogP contribution is -2.40. The molecule has 4 aliphatic rings. The molecule has 0 bridgehead atoms. The summed E-state index contributed by atoms with van der Waals surface area (Å²) in [6.07, 6.45) is 8.75. The molecule has 0 amide bonds. The molecule has 256 valence electrons. The van der Waals surface area contributed by atoms with E-state index in [2.05, 4.69) is 40.1 Å². The van der Waals surface area contributed by atoms with Crippen LogP contribution >= 0.6 is 0 Å². The lowest BCUT2D eigenvalue weighted by molar-refractivity contribution is 0.121. The Hall–Kier alpha value is -4.57. The van der Waals surface area contributed by atoms with Gasteiger partial charge in [0.15, 0.2) is 11.5 Å². The molecule has 4 aliphatic heterocycles. The quantitative estimate of drug-likeness (QED) is 0.250. The zero-order valence-electron chi connectivity index (χ0n) is 27.6. The number of hydrazone groups is 1. The highest BCUT2D eigenvalue weighted by molar-refractivity contribution is 5.81. The summed E-state index contributed by atoms with van der Waals surface area (Å²) in [5.74, 6) is 3.95. The Balaban J connectivity index is 1.08. The lowest BCUT2D eigenvalue weighted by Gasteiger charge is -2.30. The van der Waals surface area contributed by atoms with E-state index >= 15 is 0 Å². The first kappa shape index (κ1) is 32.0. The van der Waals surface area contributed by atoms with Crippen molar-refractivity contribution in [2.75, 3.05) is 111 Å². The molecule has 48 heavy (non-hydrogen) atoms. The Morgan fingerprint density at radius 1 is 0.625 bits per heavy atom. The zero-order chi connectivity index (χ0) is 32.5. The maximum absolute atomic E-state index is 6.23. The molecule has 0 spiro atoms. The minimum atomic E-state index is 0.193. The van der Waals surface area contributed by atoms with Gasteiger partial charge in [-0.2, -0.15) is 35.0 Å². The number of nitrogens with zero attached hydrogens (tertiary/aromatic N) is 11. The molecule has 0 saturated carbocycles. The van der Waals surface area contributed by atoms with Crippen molar-refractivity contribution >= 4 is 36.0 Å². The first-order chi connectivity index (χ1) is 23.7. The van der Waals surface area contributed by atoms with Crippen molar-refractivity contribution in [1.29, 1.82) is 0 Å². The summed E-state index contributed by atoms with van der Waals surface area (Å²) < 4.78 is 23.0. The largest absolute Gasteiger partial charge is 0.493 e. The Morgan fingerprint density at radius 3 is 1.65 bits per heavy atom. The summed E-state index contributed by atoms with van der Waals surface area (Å²) in [6, 6.07) is 5.75. The predicted molar refractivity (Wildman–Crippen MR) is 182 cm³/mol. The van der Waals surface area contributed by atoms with Gasteiger partial charge < -0.3 is 38.5 Å². The highest BCUT2D eigenvalue weighted by Gasteiger charge is 2.23. The van der Waals surface area contributed by atoms with Crippen LogP contribution in [0.2, 0.25) is 0 Å². The molecule has 7 rings (SSSR count). The Morgan fingerprint density at radius 2 is 1.12 bits per heavy atom. The molecule has 1 N–H and O–H groups in total. The van der Waals surface area contributed by atoms with E-state index in [1.54, 1.807) is 13.3 Å². The predicted octanol–water partition coefficient (Wildman–Crippen LogP) is 2.96. The van der Waals surface area contributed by atoms with E-state index in [1.807, 2.05) is 18.2 Å². The van der Waals surface area contributed by atoms with Gasteiger partial charge in [-0.05, 0) is 62.3 Å². The zero-order valence-corrected chi connectivity index (χ0v) is 27.6. The fraction of sp³-hybridized carbons (Fsp3) is 0.594. The van der Waals surface area contributed by atoms with Gasteiger partial charge in [0.25, 0.3) is 0 Å². The van der Waals surface area contributed by atoms with E-state index in [-0.39, 0.29) is 6.01 Å². The van der Waals surface area contributed by atoms with Crippen LogP contribution in [0, 0.1) is 0 Å². The van der Waals surface area contributed by atoms with Crippen molar-refractivity contribution in [3.63, 3.8) is 0 Å². The summed E-state index contributed by atoms with van der Waals surface area (Å²) in [5, 5.41) is 4.47. The Labute approximate surface area is 280 Å². The normalized spacial score (nSPS) is 19.1. The van der Waals surface area contributed by atoms with Crippen LogP contribution in [0.25, 0.3) is 0 Å². The minimum Gasteiger partial charge on any atom is -0.493 e. The Bertz CT molecular complexity index is 1460. The van der Waals surface area contributed by atoms with Gasteiger partial charge in [-0.15, -0.1) is 0 Å². The van der Waals surface area contributed by atoms with Gasteiger partial charge in [0.1, 0.15) is 0 Å². The third kappa shape index (κ3) is 7.93. The molecule has 16 nitrogen and oxygen atoms in total. The summed E-state index contributed by atoms with van der Waals surface area (Å²) in [6.45, 7) is 9.06. The number of nitrogens with one attached hydrogen (secondary N) is 1. The van der Waals surface area contributed by atoms with Crippen LogP contribution in [0.5, 0.6) is 17.5 Å². The van der Waals surface area contributed by atoms with Gasteiger partial charge >= 0.3 is 6.01 Å². The number of aromatic nitrogens is 6. The summed E-state index contributed by atoms with van der Waals surface area (Å²) in [4.78, 5) is 37.1. The van der Waals surface area contributed by atoms with Crippen molar-refractivity contribution in [2.24, 2.45) is 5.10 Å². The second-order valence-electron chi connectivity index (χ2n) is 12.2. The molecule has 0 atom stereocenters. The average molecular weight is 661 g/mol. The second-order valence-corrected chi connectivity index (χ2v) is 12.2.